The fourth-order valence-electron chi connectivity index (χ4n) is 2.26. The summed E-state index contributed by atoms with van der Waals surface area (Å²) in [7, 11) is 0. The Balaban J connectivity index is 1.46. The Morgan fingerprint density at radius 2 is 2.14 bits per heavy atom. The van der Waals surface area contributed by atoms with E-state index in [9.17, 15) is 0 Å². The summed E-state index contributed by atoms with van der Waals surface area (Å²) in [6, 6.07) is 6.47. The van der Waals surface area contributed by atoms with Gasteiger partial charge < -0.3 is 19.3 Å². The van der Waals surface area contributed by atoms with Crippen LogP contribution in [0.4, 0.5) is 0 Å². The summed E-state index contributed by atoms with van der Waals surface area (Å²) in [4.78, 5) is 4.17. The smallest absolute Gasteiger partial charge is 0.240 e. The van der Waals surface area contributed by atoms with Crippen molar-refractivity contribution in [3.63, 3.8) is 0 Å². The number of hydrogen-bond acceptors (Lipinski definition) is 6. The maximum atomic E-state index is 5.39. The second-order valence-electron chi connectivity index (χ2n) is 5.24. The Morgan fingerprint density at radius 1 is 1.29 bits per heavy atom. The van der Waals surface area contributed by atoms with Crippen molar-refractivity contribution in [2.75, 3.05) is 6.79 Å². The maximum Gasteiger partial charge on any atom is 0.240 e. The minimum atomic E-state index is 0.320. The molecule has 2 heterocycles. The molecule has 6 nitrogen and oxygen atoms in total. The van der Waals surface area contributed by atoms with Gasteiger partial charge in [-0.1, -0.05) is 11.2 Å². The van der Waals surface area contributed by atoms with Gasteiger partial charge in [-0.15, -0.1) is 0 Å². The largest absolute Gasteiger partial charge is 0.454 e. The molecule has 0 saturated heterocycles. The van der Waals surface area contributed by atoms with Gasteiger partial charge in [-0.2, -0.15) is 4.98 Å². The van der Waals surface area contributed by atoms with E-state index in [1.807, 2.05) is 13.0 Å². The molecule has 0 spiro atoms. The third-order valence-electron chi connectivity index (χ3n) is 3.47. The molecule has 1 N–H and O–H groups in total. The first-order valence-electron chi connectivity index (χ1n) is 7.12. The average Bonchev–Trinajstić information content (AvgIpc) is 3.10. The quantitative estimate of drug-likeness (QED) is 0.879. The lowest BCUT2D eigenvalue weighted by molar-refractivity contribution is 0.174. The summed E-state index contributed by atoms with van der Waals surface area (Å²) in [5.74, 6) is 2.97. The van der Waals surface area contributed by atoms with Crippen molar-refractivity contribution in [1.82, 2.24) is 15.5 Å². The van der Waals surface area contributed by atoms with E-state index < -0.39 is 0 Å². The first-order valence-corrected chi connectivity index (χ1v) is 7.12. The Morgan fingerprint density at radius 3 is 2.95 bits per heavy atom. The van der Waals surface area contributed by atoms with Crippen LogP contribution in [-0.2, 0) is 13.0 Å². The molecule has 0 saturated carbocycles. The number of fused-ring (bicyclic) bond motifs is 1. The monoisotopic (exact) mass is 289 g/mol. The highest BCUT2D eigenvalue weighted by molar-refractivity contribution is 5.44. The number of ether oxygens (including phenoxy) is 2. The van der Waals surface area contributed by atoms with E-state index >= 15 is 0 Å². The van der Waals surface area contributed by atoms with Crippen molar-refractivity contribution in [3.05, 3.63) is 35.5 Å². The number of nitrogens with one attached hydrogen (secondary N) is 1. The van der Waals surface area contributed by atoms with Gasteiger partial charge in [0.1, 0.15) is 0 Å². The summed E-state index contributed by atoms with van der Waals surface area (Å²) in [6.07, 6.45) is 2.00. The molecule has 1 aliphatic rings. The van der Waals surface area contributed by atoms with E-state index in [0.717, 1.165) is 24.3 Å². The molecule has 1 unspecified atom stereocenters. The molecule has 112 valence electrons. The van der Waals surface area contributed by atoms with E-state index in [2.05, 4.69) is 34.5 Å². The number of rotatable bonds is 6. The van der Waals surface area contributed by atoms with Gasteiger partial charge in [-0.25, -0.2) is 0 Å². The zero-order chi connectivity index (χ0) is 14.7. The Bertz CT molecular complexity index is 612. The summed E-state index contributed by atoms with van der Waals surface area (Å²) in [5.41, 5.74) is 1.25. The van der Waals surface area contributed by atoms with Crippen molar-refractivity contribution in [2.24, 2.45) is 0 Å². The van der Waals surface area contributed by atoms with Crippen LogP contribution in [0.5, 0.6) is 11.5 Å². The lowest BCUT2D eigenvalue weighted by atomic mass is 10.1. The van der Waals surface area contributed by atoms with Gasteiger partial charge in [-0.3, -0.25) is 0 Å². The highest BCUT2D eigenvalue weighted by Gasteiger charge is 2.13. The maximum absolute atomic E-state index is 5.39. The van der Waals surface area contributed by atoms with Crippen LogP contribution in [0.25, 0.3) is 0 Å². The van der Waals surface area contributed by atoms with E-state index in [1.165, 1.54) is 5.56 Å². The molecule has 0 bridgehead atoms. The minimum absolute atomic E-state index is 0.320. The van der Waals surface area contributed by atoms with Gasteiger partial charge in [0.05, 0.1) is 6.54 Å². The van der Waals surface area contributed by atoms with Gasteiger partial charge in [0.25, 0.3) is 0 Å². The molecule has 0 radical (unpaired) electrons. The molecule has 21 heavy (non-hydrogen) atoms. The molecular weight excluding hydrogens is 270 g/mol. The fourth-order valence-corrected chi connectivity index (χ4v) is 2.26. The molecule has 6 heteroatoms. The van der Waals surface area contributed by atoms with Crippen LogP contribution in [0.15, 0.2) is 22.7 Å². The van der Waals surface area contributed by atoms with Gasteiger partial charge in [0, 0.05) is 6.04 Å². The summed E-state index contributed by atoms with van der Waals surface area (Å²) in [6.45, 7) is 4.88. The van der Waals surface area contributed by atoms with Gasteiger partial charge in [0.15, 0.2) is 17.3 Å². The Labute approximate surface area is 123 Å². The highest BCUT2D eigenvalue weighted by atomic mass is 16.7. The molecule has 1 aliphatic heterocycles. The van der Waals surface area contributed by atoms with Crippen molar-refractivity contribution >= 4 is 0 Å². The van der Waals surface area contributed by atoms with Gasteiger partial charge in [0.2, 0.25) is 12.7 Å². The predicted molar refractivity (Wildman–Crippen MR) is 76.2 cm³/mol. The number of hydrogen-bond donors (Lipinski definition) is 1. The van der Waals surface area contributed by atoms with Crippen LogP contribution in [0.1, 0.15) is 30.6 Å². The topological polar surface area (TPSA) is 69.4 Å². The van der Waals surface area contributed by atoms with Crippen molar-refractivity contribution in [3.8, 4) is 11.5 Å². The van der Waals surface area contributed by atoms with E-state index in [4.69, 9.17) is 14.0 Å². The Hall–Kier alpha value is -2.08. The average molecular weight is 289 g/mol. The molecule has 1 atom stereocenters. The summed E-state index contributed by atoms with van der Waals surface area (Å²) >= 11 is 0. The molecule has 0 aliphatic carbocycles. The van der Waals surface area contributed by atoms with E-state index in [1.54, 1.807) is 0 Å². The first-order chi connectivity index (χ1) is 10.2. The normalized spacial score (nSPS) is 14.4. The minimum Gasteiger partial charge on any atom is -0.454 e. The standard InChI is InChI=1S/C15H19N3O3/c1-10(16-8-15-17-11(2)18-21-15)3-4-12-5-6-13-14(7-12)20-9-19-13/h5-7,10,16H,3-4,8-9H2,1-2H3. The number of nitrogens with zero attached hydrogens (tertiary/aromatic N) is 2. The van der Waals surface area contributed by atoms with Crippen LogP contribution in [0, 0.1) is 6.92 Å². The summed E-state index contributed by atoms with van der Waals surface area (Å²) in [5, 5.41) is 7.15. The zero-order valence-corrected chi connectivity index (χ0v) is 12.3. The lowest BCUT2D eigenvalue weighted by Crippen LogP contribution is -2.26. The first kappa shape index (κ1) is 13.9. The second-order valence-corrected chi connectivity index (χ2v) is 5.24. The van der Waals surface area contributed by atoms with Crippen LogP contribution in [-0.4, -0.2) is 23.0 Å². The number of aryl methyl sites for hydroxylation is 2. The van der Waals surface area contributed by atoms with Crippen LogP contribution in [0.3, 0.4) is 0 Å². The van der Waals surface area contributed by atoms with Crippen molar-refractivity contribution in [2.45, 2.75) is 39.3 Å². The van der Waals surface area contributed by atoms with Crippen LogP contribution >= 0.6 is 0 Å². The van der Waals surface area contributed by atoms with Gasteiger partial charge in [-0.05, 0) is 44.4 Å². The number of aromatic nitrogens is 2. The van der Waals surface area contributed by atoms with Crippen molar-refractivity contribution < 1.29 is 14.0 Å². The molecule has 3 rings (SSSR count). The molecule has 0 amide bonds. The summed E-state index contributed by atoms with van der Waals surface area (Å²) < 4.78 is 15.8. The predicted octanol–water partition coefficient (Wildman–Crippen LogP) is 2.22. The fraction of sp³-hybridized carbons (Fsp3) is 0.467. The van der Waals surface area contributed by atoms with Gasteiger partial charge >= 0.3 is 0 Å². The third-order valence-corrected chi connectivity index (χ3v) is 3.47. The molecule has 0 fully saturated rings. The Kier molecular flexibility index (Phi) is 4.06. The molecule has 2 aromatic rings. The lowest BCUT2D eigenvalue weighted by Gasteiger charge is -2.12. The zero-order valence-electron chi connectivity index (χ0n) is 12.3. The number of benzene rings is 1. The van der Waals surface area contributed by atoms with E-state index in [-0.39, 0.29) is 0 Å². The second kappa shape index (κ2) is 6.13. The molecular formula is C15H19N3O3. The molecule has 1 aromatic carbocycles. The van der Waals surface area contributed by atoms with Crippen LogP contribution < -0.4 is 14.8 Å². The SMILES string of the molecule is Cc1noc(CNC(C)CCc2ccc3c(c2)OCO3)n1. The van der Waals surface area contributed by atoms with Crippen LogP contribution in [0.2, 0.25) is 0 Å². The molecule has 1 aromatic heterocycles. The van der Waals surface area contributed by atoms with Crippen molar-refractivity contribution in [1.29, 1.82) is 0 Å². The van der Waals surface area contributed by atoms with E-state index in [0.29, 0.717) is 31.1 Å². The third kappa shape index (κ3) is 3.52. The highest BCUT2D eigenvalue weighted by Crippen LogP contribution is 2.32.